The Balaban J connectivity index is 2.53. The summed E-state index contributed by atoms with van der Waals surface area (Å²) in [5, 5.41) is 3.24. The molecule has 1 aromatic carbocycles. The number of hydrogen-bond donors (Lipinski definition) is 1. The molecule has 17 heavy (non-hydrogen) atoms. The first-order valence-electron chi connectivity index (χ1n) is 6.13. The number of carbonyl (C=O) groups is 1. The van der Waals surface area contributed by atoms with E-state index in [9.17, 15) is 4.79 Å². The van der Waals surface area contributed by atoms with Crippen molar-refractivity contribution in [2.75, 3.05) is 6.61 Å². The highest BCUT2D eigenvalue weighted by Gasteiger charge is 2.16. The second-order valence-corrected chi connectivity index (χ2v) is 4.02. The van der Waals surface area contributed by atoms with Gasteiger partial charge < -0.3 is 10.1 Å². The number of rotatable bonds is 6. The Morgan fingerprint density at radius 3 is 2.65 bits per heavy atom. The summed E-state index contributed by atoms with van der Waals surface area (Å²) in [6.45, 7) is 7.01. The maximum Gasteiger partial charge on any atom is 0.323 e. The summed E-state index contributed by atoms with van der Waals surface area (Å²) < 4.78 is 5.01. The number of aryl methyl sites for hydroxylation is 1. The zero-order valence-corrected chi connectivity index (χ0v) is 10.8. The molecule has 94 valence electrons. The summed E-state index contributed by atoms with van der Waals surface area (Å²) in [4.78, 5) is 11.6. The third kappa shape index (κ3) is 4.19. The Morgan fingerprint density at radius 1 is 1.35 bits per heavy atom. The first-order chi connectivity index (χ1) is 8.19. The molecule has 0 heterocycles. The van der Waals surface area contributed by atoms with Gasteiger partial charge in [-0.05, 0) is 31.4 Å². The number of hydrogen-bond acceptors (Lipinski definition) is 3. The van der Waals surface area contributed by atoms with Crippen molar-refractivity contribution in [2.45, 2.75) is 39.8 Å². The molecule has 3 nitrogen and oxygen atoms in total. The Bertz CT molecular complexity index is 363. The van der Waals surface area contributed by atoms with Crippen molar-refractivity contribution in [3.05, 3.63) is 35.4 Å². The van der Waals surface area contributed by atoms with Gasteiger partial charge in [-0.15, -0.1) is 0 Å². The van der Waals surface area contributed by atoms with E-state index in [1.54, 1.807) is 0 Å². The number of ether oxygens (including phenoxy) is 1. The zero-order chi connectivity index (χ0) is 12.7. The van der Waals surface area contributed by atoms with E-state index in [0.29, 0.717) is 13.2 Å². The Labute approximate surface area is 103 Å². The molecule has 0 bridgehead atoms. The van der Waals surface area contributed by atoms with Crippen molar-refractivity contribution in [3.63, 3.8) is 0 Å². The minimum absolute atomic E-state index is 0.163. The monoisotopic (exact) mass is 235 g/mol. The maximum atomic E-state index is 11.6. The predicted octanol–water partition coefficient (Wildman–Crippen LogP) is 2.43. The molecule has 1 N–H and O–H groups in total. The van der Waals surface area contributed by atoms with Gasteiger partial charge in [0, 0.05) is 6.54 Å². The van der Waals surface area contributed by atoms with E-state index in [0.717, 1.165) is 6.42 Å². The molecule has 0 radical (unpaired) electrons. The van der Waals surface area contributed by atoms with Crippen LogP contribution in [0.1, 0.15) is 31.4 Å². The molecule has 1 aromatic rings. The van der Waals surface area contributed by atoms with Gasteiger partial charge >= 0.3 is 5.97 Å². The highest BCUT2D eigenvalue weighted by Crippen LogP contribution is 2.07. The van der Waals surface area contributed by atoms with Crippen molar-refractivity contribution in [1.82, 2.24) is 5.32 Å². The van der Waals surface area contributed by atoms with E-state index >= 15 is 0 Å². The normalized spacial score (nSPS) is 12.2. The fourth-order valence-electron chi connectivity index (χ4n) is 1.68. The van der Waals surface area contributed by atoms with Gasteiger partial charge in [0.25, 0.3) is 0 Å². The lowest BCUT2D eigenvalue weighted by atomic mass is 10.1. The van der Waals surface area contributed by atoms with Gasteiger partial charge in [-0.2, -0.15) is 0 Å². The lowest BCUT2D eigenvalue weighted by molar-refractivity contribution is -0.145. The first kappa shape index (κ1) is 13.7. The highest BCUT2D eigenvalue weighted by atomic mass is 16.5. The average Bonchev–Trinajstić information content (AvgIpc) is 2.32. The summed E-state index contributed by atoms with van der Waals surface area (Å²) in [7, 11) is 0. The maximum absolute atomic E-state index is 11.6. The molecule has 0 aliphatic carbocycles. The van der Waals surface area contributed by atoms with E-state index in [1.165, 1.54) is 11.1 Å². The van der Waals surface area contributed by atoms with Crippen LogP contribution in [-0.2, 0) is 16.1 Å². The van der Waals surface area contributed by atoms with Crippen molar-refractivity contribution < 1.29 is 9.53 Å². The van der Waals surface area contributed by atoms with E-state index in [-0.39, 0.29) is 12.0 Å². The third-order valence-corrected chi connectivity index (χ3v) is 2.78. The molecular formula is C14H21NO2. The van der Waals surface area contributed by atoms with Crippen LogP contribution >= 0.6 is 0 Å². The van der Waals surface area contributed by atoms with Gasteiger partial charge in [-0.1, -0.05) is 31.2 Å². The Morgan fingerprint density at radius 2 is 2.06 bits per heavy atom. The minimum Gasteiger partial charge on any atom is -0.465 e. The van der Waals surface area contributed by atoms with Gasteiger partial charge in [0.05, 0.1) is 6.61 Å². The number of benzene rings is 1. The van der Waals surface area contributed by atoms with Crippen molar-refractivity contribution in [1.29, 1.82) is 0 Å². The Kier molecular flexibility index (Phi) is 5.70. The standard InChI is InChI=1S/C14H21NO2/c1-4-13(14(16)17-5-2)15-10-12-9-7-6-8-11(12)3/h6-9,13,15H,4-5,10H2,1-3H3. The largest absolute Gasteiger partial charge is 0.465 e. The molecule has 0 aliphatic rings. The third-order valence-electron chi connectivity index (χ3n) is 2.78. The van der Waals surface area contributed by atoms with Crippen LogP contribution in [0, 0.1) is 6.92 Å². The number of carbonyl (C=O) groups excluding carboxylic acids is 1. The molecule has 3 heteroatoms. The van der Waals surface area contributed by atoms with Crippen LogP contribution in [0.25, 0.3) is 0 Å². The first-order valence-corrected chi connectivity index (χ1v) is 6.13. The lowest BCUT2D eigenvalue weighted by Gasteiger charge is -2.16. The van der Waals surface area contributed by atoms with E-state index in [1.807, 2.05) is 26.0 Å². The summed E-state index contributed by atoms with van der Waals surface area (Å²) in [6.07, 6.45) is 0.741. The molecule has 1 unspecified atom stereocenters. The van der Waals surface area contributed by atoms with Crippen molar-refractivity contribution in [2.24, 2.45) is 0 Å². The summed E-state index contributed by atoms with van der Waals surface area (Å²) >= 11 is 0. The molecule has 0 aromatic heterocycles. The molecule has 0 saturated heterocycles. The molecule has 1 rings (SSSR count). The molecular weight excluding hydrogens is 214 g/mol. The lowest BCUT2D eigenvalue weighted by Crippen LogP contribution is -2.37. The molecule has 0 aliphatic heterocycles. The second-order valence-electron chi connectivity index (χ2n) is 4.02. The molecule has 0 fully saturated rings. The summed E-state index contributed by atoms with van der Waals surface area (Å²) in [5.74, 6) is -0.163. The minimum atomic E-state index is -0.213. The SMILES string of the molecule is CCOC(=O)C(CC)NCc1ccccc1C. The van der Waals surface area contributed by atoms with Crippen LogP contribution in [-0.4, -0.2) is 18.6 Å². The topological polar surface area (TPSA) is 38.3 Å². The van der Waals surface area contributed by atoms with Crippen LogP contribution in [0.3, 0.4) is 0 Å². The van der Waals surface area contributed by atoms with Crippen LogP contribution in [0.15, 0.2) is 24.3 Å². The van der Waals surface area contributed by atoms with Crippen molar-refractivity contribution >= 4 is 5.97 Å². The molecule has 0 spiro atoms. The van der Waals surface area contributed by atoms with Gasteiger partial charge in [0.2, 0.25) is 0 Å². The van der Waals surface area contributed by atoms with Crippen LogP contribution in [0.5, 0.6) is 0 Å². The van der Waals surface area contributed by atoms with Crippen LogP contribution < -0.4 is 5.32 Å². The predicted molar refractivity (Wildman–Crippen MR) is 68.7 cm³/mol. The fraction of sp³-hybridized carbons (Fsp3) is 0.500. The second kappa shape index (κ2) is 7.07. The Hall–Kier alpha value is -1.35. The quantitative estimate of drug-likeness (QED) is 0.770. The van der Waals surface area contributed by atoms with Gasteiger partial charge in [-0.3, -0.25) is 4.79 Å². The van der Waals surface area contributed by atoms with Crippen LogP contribution in [0.4, 0.5) is 0 Å². The highest BCUT2D eigenvalue weighted by molar-refractivity contribution is 5.75. The average molecular weight is 235 g/mol. The summed E-state index contributed by atoms with van der Waals surface area (Å²) in [6, 6.07) is 7.95. The van der Waals surface area contributed by atoms with Gasteiger partial charge in [0.15, 0.2) is 0 Å². The van der Waals surface area contributed by atoms with E-state index < -0.39 is 0 Å². The zero-order valence-electron chi connectivity index (χ0n) is 10.8. The number of esters is 1. The summed E-state index contributed by atoms with van der Waals surface area (Å²) in [5.41, 5.74) is 2.45. The molecule has 1 atom stereocenters. The van der Waals surface area contributed by atoms with Crippen molar-refractivity contribution in [3.8, 4) is 0 Å². The molecule has 0 saturated carbocycles. The fourth-order valence-corrected chi connectivity index (χ4v) is 1.68. The van der Waals surface area contributed by atoms with E-state index in [4.69, 9.17) is 4.74 Å². The van der Waals surface area contributed by atoms with Crippen LogP contribution in [0.2, 0.25) is 0 Å². The number of nitrogens with one attached hydrogen (secondary N) is 1. The van der Waals surface area contributed by atoms with E-state index in [2.05, 4.69) is 24.4 Å². The smallest absolute Gasteiger partial charge is 0.323 e. The van der Waals surface area contributed by atoms with Gasteiger partial charge in [-0.25, -0.2) is 0 Å². The molecule has 0 amide bonds. The van der Waals surface area contributed by atoms with Gasteiger partial charge in [0.1, 0.15) is 6.04 Å².